The van der Waals surface area contributed by atoms with E-state index in [2.05, 4.69) is 9.72 Å². The van der Waals surface area contributed by atoms with Crippen molar-refractivity contribution in [3.8, 4) is 0 Å². The van der Waals surface area contributed by atoms with E-state index < -0.39 is 22.5 Å². The summed E-state index contributed by atoms with van der Waals surface area (Å²) in [4.78, 5) is 38.7. The molecule has 0 bridgehead atoms. The van der Waals surface area contributed by atoms with Gasteiger partial charge in [0.15, 0.2) is 0 Å². The van der Waals surface area contributed by atoms with Crippen molar-refractivity contribution in [2.75, 3.05) is 20.2 Å². The van der Waals surface area contributed by atoms with Gasteiger partial charge in [-0.15, -0.1) is 0 Å². The van der Waals surface area contributed by atoms with Crippen molar-refractivity contribution >= 4 is 29.2 Å². The Morgan fingerprint density at radius 1 is 1.52 bits per heavy atom. The van der Waals surface area contributed by atoms with Gasteiger partial charge in [-0.1, -0.05) is 18.5 Å². The van der Waals surface area contributed by atoms with E-state index in [4.69, 9.17) is 11.6 Å². The second-order valence-corrected chi connectivity index (χ2v) is 4.42. The van der Waals surface area contributed by atoms with E-state index in [1.54, 1.807) is 0 Å². The van der Waals surface area contributed by atoms with Gasteiger partial charge < -0.3 is 9.64 Å². The van der Waals surface area contributed by atoms with Crippen LogP contribution >= 0.6 is 11.6 Å². The molecule has 9 heteroatoms. The molecule has 1 aromatic rings. The van der Waals surface area contributed by atoms with Gasteiger partial charge in [0.2, 0.25) is 5.15 Å². The lowest BCUT2D eigenvalue weighted by atomic mass is 10.2. The van der Waals surface area contributed by atoms with E-state index in [0.29, 0.717) is 6.42 Å². The number of nitrogens with zero attached hydrogens (tertiary/aromatic N) is 3. The van der Waals surface area contributed by atoms with E-state index >= 15 is 0 Å². The molecule has 0 radical (unpaired) electrons. The highest BCUT2D eigenvalue weighted by molar-refractivity contribution is 6.32. The van der Waals surface area contributed by atoms with Crippen LogP contribution in [0.15, 0.2) is 12.3 Å². The van der Waals surface area contributed by atoms with Crippen LogP contribution in [0.5, 0.6) is 0 Å². The molecule has 1 amide bonds. The summed E-state index contributed by atoms with van der Waals surface area (Å²) in [6, 6.07) is 1.20. The Morgan fingerprint density at radius 3 is 2.71 bits per heavy atom. The molecule has 1 rings (SSSR count). The zero-order chi connectivity index (χ0) is 16.0. The molecule has 0 aliphatic rings. The molecule has 0 saturated heterocycles. The average Bonchev–Trinajstić information content (AvgIpc) is 2.45. The number of esters is 1. The number of carbonyl (C=O) groups is 2. The van der Waals surface area contributed by atoms with E-state index in [1.807, 2.05) is 6.92 Å². The topological polar surface area (TPSA) is 103 Å². The normalized spacial score (nSPS) is 10.0. The fourth-order valence-corrected chi connectivity index (χ4v) is 1.91. The van der Waals surface area contributed by atoms with Crippen LogP contribution in [-0.2, 0) is 9.53 Å². The lowest BCUT2D eigenvalue weighted by Gasteiger charge is -2.20. The van der Waals surface area contributed by atoms with E-state index in [0.717, 1.165) is 0 Å². The van der Waals surface area contributed by atoms with Gasteiger partial charge >= 0.3 is 11.7 Å². The molecular formula is C12H14ClN3O5. The van der Waals surface area contributed by atoms with Gasteiger partial charge in [0.05, 0.1) is 12.0 Å². The minimum atomic E-state index is -0.773. The fourth-order valence-electron chi connectivity index (χ4n) is 1.69. The smallest absolute Gasteiger partial charge is 0.325 e. The van der Waals surface area contributed by atoms with Gasteiger partial charge in [-0.05, 0) is 12.5 Å². The third kappa shape index (κ3) is 4.12. The molecule has 0 aliphatic heterocycles. The lowest BCUT2D eigenvalue weighted by molar-refractivity contribution is -0.385. The molecule has 0 saturated carbocycles. The first-order valence-corrected chi connectivity index (χ1v) is 6.45. The third-order valence-corrected chi connectivity index (χ3v) is 2.90. The molecule has 0 fully saturated rings. The Labute approximate surface area is 125 Å². The minimum absolute atomic E-state index is 0.211. The Kier molecular flexibility index (Phi) is 6.04. The molecule has 8 nitrogen and oxygen atoms in total. The highest BCUT2D eigenvalue weighted by atomic mass is 35.5. The summed E-state index contributed by atoms with van der Waals surface area (Å²) in [6.45, 7) is 1.77. The van der Waals surface area contributed by atoms with Crippen LogP contribution in [0, 0.1) is 10.1 Å². The largest absolute Gasteiger partial charge is 0.468 e. The lowest BCUT2D eigenvalue weighted by Crippen LogP contribution is -2.37. The first-order chi connectivity index (χ1) is 9.92. The number of nitro groups is 1. The molecule has 0 aromatic carbocycles. The maximum atomic E-state index is 12.4. The molecule has 21 heavy (non-hydrogen) atoms. The van der Waals surface area contributed by atoms with E-state index in [9.17, 15) is 19.7 Å². The van der Waals surface area contributed by atoms with Crippen molar-refractivity contribution in [1.82, 2.24) is 9.88 Å². The second-order valence-electron chi connectivity index (χ2n) is 4.06. The van der Waals surface area contributed by atoms with Crippen LogP contribution < -0.4 is 0 Å². The van der Waals surface area contributed by atoms with Gasteiger partial charge in [0.1, 0.15) is 12.1 Å². The highest BCUT2D eigenvalue weighted by Crippen LogP contribution is 2.27. The van der Waals surface area contributed by atoms with Crippen molar-refractivity contribution in [3.63, 3.8) is 0 Å². The predicted molar refractivity (Wildman–Crippen MR) is 74.1 cm³/mol. The summed E-state index contributed by atoms with van der Waals surface area (Å²) < 4.78 is 4.51. The van der Waals surface area contributed by atoms with Crippen LogP contribution in [0.2, 0.25) is 5.15 Å². The molecule has 0 unspecified atom stereocenters. The first kappa shape index (κ1) is 16.8. The molecular weight excluding hydrogens is 302 g/mol. The summed E-state index contributed by atoms with van der Waals surface area (Å²) in [5, 5.41) is 10.6. The second kappa shape index (κ2) is 7.53. The zero-order valence-corrected chi connectivity index (χ0v) is 12.3. The van der Waals surface area contributed by atoms with E-state index in [-0.39, 0.29) is 23.8 Å². The van der Waals surface area contributed by atoms with Gasteiger partial charge in [0.25, 0.3) is 5.91 Å². The maximum absolute atomic E-state index is 12.4. The standard InChI is InChI=1S/C12H14ClN3O5/c1-3-6-15(7-9(17)21-2)12(18)8-4-5-14-11(13)10(8)16(19)20/h4-5H,3,6-7H2,1-2H3. The molecule has 0 N–H and O–H groups in total. The predicted octanol–water partition coefficient (Wildman–Crippen LogP) is 1.67. The summed E-state index contributed by atoms with van der Waals surface area (Å²) in [7, 11) is 1.20. The fraction of sp³-hybridized carbons (Fsp3) is 0.417. The van der Waals surface area contributed by atoms with Crippen LogP contribution in [-0.4, -0.2) is 46.9 Å². The number of methoxy groups -OCH3 is 1. The Bertz CT molecular complexity index is 564. The van der Waals surface area contributed by atoms with Crippen LogP contribution in [0.1, 0.15) is 23.7 Å². The average molecular weight is 316 g/mol. The third-order valence-electron chi connectivity index (χ3n) is 2.62. The number of carbonyl (C=O) groups excluding carboxylic acids is 2. The van der Waals surface area contributed by atoms with Gasteiger partial charge in [-0.2, -0.15) is 0 Å². The van der Waals surface area contributed by atoms with Crippen molar-refractivity contribution in [2.45, 2.75) is 13.3 Å². The number of ether oxygens (including phenoxy) is 1. The van der Waals surface area contributed by atoms with Gasteiger partial charge in [-0.25, -0.2) is 4.98 Å². The van der Waals surface area contributed by atoms with Gasteiger partial charge in [-0.3, -0.25) is 19.7 Å². The van der Waals surface area contributed by atoms with Crippen molar-refractivity contribution in [1.29, 1.82) is 0 Å². The molecule has 0 atom stereocenters. The van der Waals surface area contributed by atoms with Crippen molar-refractivity contribution in [2.24, 2.45) is 0 Å². The number of aromatic nitrogens is 1. The highest BCUT2D eigenvalue weighted by Gasteiger charge is 2.28. The molecule has 0 spiro atoms. The number of hydrogen-bond acceptors (Lipinski definition) is 6. The number of rotatable bonds is 6. The summed E-state index contributed by atoms with van der Waals surface area (Å²) in [5.74, 6) is -1.28. The molecule has 1 heterocycles. The summed E-state index contributed by atoms with van der Waals surface area (Å²) in [5.41, 5.74) is -0.785. The Morgan fingerprint density at radius 2 is 2.19 bits per heavy atom. The molecule has 1 aromatic heterocycles. The summed E-state index contributed by atoms with van der Waals surface area (Å²) >= 11 is 5.67. The summed E-state index contributed by atoms with van der Waals surface area (Å²) in [6.07, 6.45) is 1.78. The number of hydrogen-bond donors (Lipinski definition) is 0. The quantitative estimate of drug-likeness (QED) is 0.342. The Hall–Kier alpha value is -2.22. The van der Waals surface area contributed by atoms with Crippen molar-refractivity contribution < 1.29 is 19.2 Å². The van der Waals surface area contributed by atoms with E-state index in [1.165, 1.54) is 24.3 Å². The van der Waals surface area contributed by atoms with Crippen LogP contribution in [0.3, 0.4) is 0 Å². The SMILES string of the molecule is CCCN(CC(=O)OC)C(=O)c1ccnc(Cl)c1[N+](=O)[O-]. The Balaban J connectivity index is 3.17. The van der Waals surface area contributed by atoms with Crippen molar-refractivity contribution in [3.05, 3.63) is 33.1 Å². The van der Waals surface area contributed by atoms with Gasteiger partial charge in [0, 0.05) is 12.7 Å². The molecule has 0 aliphatic carbocycles. The zero-order valence-electron chi connectivity index (χ0n) is 11.5. The number of amides is 1. The number of halogens is 1. The molecule has 114 valence electrons. The monoisotopic (exact) mass is 315 g/mol. The maximum Gasteiger partial charge on any atom is 0.325 e. The van der Waals surface area contributed by atoms with Crippen LogP contribution in [0.25, 0.3) is 0 Å². The number of pyridine rings is 1. The minimum Gasteiger partial charge on any atom is -0.468 e. The van der Waals surface area contributed by atoms with Crippen LogP contribution in [0.4, 0.5) is 5.69 Å². The first-order valence-electron chi connectivity index (χ1n) is 6.07.